The summed E-state index contributed by atoms with van der Waals surface area (Å²) in [5.74, 6) is -0.295. The number of hydrogen-bond acceptors (Lipinski definition) is 4. The van der Waals surface area contributed by atoms with Gasteiger partial charge < -0.3 is 15.4 Å². The number of esters is 1. The van der Waals surface area contributed by atoms with Crippen LogP contribution in [-0.4, -0.2) is 25.2 Å². The Morgan fingerprint density at radius 2 is 2.25 bits per heavy atom. The highest BCUT2D eigenvalue weighted by atomic mass is 16.5. The second kappa shape index (κ2) is 6.64. The van der Waals surface area contributed by atoms with Crippen LogP contribution in [0.1, 0.15) is 49.9 Å². The normalized spacial score (nSPS) is 18.9. The van der Waals surface area contributed by atoms with E-state index in [1.807, 2.05) is 19.1 Å². The predicted octanol–water partition coefficient (Wildman–Crippen LogP) is 3.21. The second-order valence-corrected chi connectivity index (χ2v) is 5.45. The van der Waals surface area contributed by atoms with Crippen LogP contribution in [0.2, 0.25) is 0 Å². The fraction of sp³-hybridized carbons (Fsp3) is 0.562. The minimum atomic E-state index is -0.295. The number of carbonyl (C=O) groups is 1. The van der Waals surface area contributed by atoms with E-state index in [9.17, 15) is 4.79 Å². The number of anilines is 2. The van der Waals surface area contributed by atoms with Crippen molar-refractivity contribution in [3.8, 4) is 0 Å². The number of carbonyl (C=O) groups excluding carboxylic acids is 1. The Morgan fingerprint density at radius 3 is 2.90 bits per heavy atom. The molecule has 2 rings (SSSR count). The molecule has 0 unspecified atom stereocenters. The summed E-state index contributed by atoms with van der Waals surface area (Å²) in [4.78, 5) is 14.1. The summed E-state index contributed by atoms with van der Waals surface area (Å²) in [7, 11) is 0. The van der Waals surface area contributed by atoms with Crippen LogP contribution in [0.4, 0.5) is 11.4 Å². The molecule has 4 nitrogen and oxygen atoms in total. The van der Waals surface area contributed by atoms with Gasteiger partial charge in [-0.2, -0.15) is 0 Å². The van der Waals surface area contributed by atoms with Gasteiger partial charge in [0.25, 0.3) is 0 Å². The maximum atomic E-state index is 11.8. The van der Waals surface area contributed by atoms with Crippen LogP contribution in [0.25, 0.3) is 0 Å². The van der Waals surface area contributed by atoms with Gasteiger partial charge >= 0.3 is 5.97 Å². The zero-order chi connectivity index (χ0) is 14.5. The molecular formula is C16H24N2O2. The second-order valence-electron chi connectivity index (χ2n) is 5.45. The average Bonchev–Trinajstić information content (AvgIpc) is 2.45. The van der Waals surface area contributed by atoms with Crippen molar-refractivity contribution in [3.05, 3.63) is 23.8 Å². The summed E-state index contributed by atoms with van der Waals surface area (Å²) in [5, 5.41) is 0. The van der Waals surface area contributed by atoms with E-state index in [4.69, 9.17) is 10.5 Å². The summed E-state index contributed by atoms with van der Waals surface area (Å²) in [6.07, 6.45) is 4.49. The topological polar surface area (TPSA) is 55.6 Å². The lowest BCUT2D eigenvalue weighted by Gasteiger charge is -2.36. The van der Waals surface area contributed by atoms with E-state index in [0.29, 0.717) is 23.9 Å². The Kier molecular flexibility index (Phi) is 4.88. The van der Waals surface area contributed by atoms with E-state index in [0.717, 1.165) is 18.7 Å². The molecule has 0 spiro atoms. The summed E-state index contributed by atoms with van der Waals surface area (Å²) in [5.41, 5.74) is 8.35. The van der Waals surface area contributed by atoms with Crippen molar-refractivity contribution in [2.45, 2.75) is 45.6 Å². The van der Waals surface area contributed by atoms with Crippen molar-refractivity contribution < 1.29 is 9.53 Å². The first-order valence-electron chi connectivity index (χ1n) is 7.46. The lowest BCUT2D eigenvalue weighted by atomic mass is 10.0. The smallest absolute Gasteiger partial charge is 0.338 e. The molecule has 0 aliphatic carbocycles. The third-order valence-corrected chi connectivity index (χ3v) is 3.81. The highest BCUT2D eigenvalue weighted by Crippen LogP contribution is 2.30. The number of nitrogens with zero attached hydrogens (tertiary/aromatic N) is 1. The van der Waals surface area contributed by atoms with Crippen LogP contribution in [0.5, 0.6) is 0 Å². The third kappa shape index (κ3) is 3.24. The molecule has 1 fully saturated rings. The van der Waals surface area contributed by atoms with E-state index in [1.54, 1.807) is 6.07 Å². The maximum Gasteiger partial charge on any atom is 0.338 e. The maximum absolute atomic E-state index is 11.8. The zero-order valence-corrected chi connectivity index (χ0v) is 12.4. The number of piperidine rings is 1. The SMILES string of the molecule is CCCOC(=O)c1ccc(N2CCCC[C@H]2C)c(N)c1. The monoisotopic (exact) mass is 276 g/mol. The van der Waals surface area contributed by atoms with Crippen molar-refractivity contribution in [1.82, 2.24) is 0 Å². The van der Waals surface area contributed by atoms with Crippen molar-refractivity contribution in [3.63, 3.8) is 0 Å². The van der Waals surface area contributed by atoms with E-state index in [2.05, 4.69) is 11.8 Å². The van der Waals surface area contributed by atoms with Gasteiger partial charge in [0.05, 0.1) is 23.5 Å². The van der Waals surface area contributed by atoms with Crippen LogP contribution in [0.15, 0.2) is 18.2 Å². The lowest BCUT2D eigenvalue weighted by Crippen LogP contribution is -2.37. The highest BCUT2D eigenvalue weighted by molar-refractivity contribution is 5.92. The molecule has 1 atom stereocenters. The van der Waals surface area contributed by atoms with Crippen LogP contribution >= 0.6 is 0 Å². The molecule has 110 valence electrons. The number of ether oxygens (including phenoxy) is 1. The standard InChI is InChI=1S/C16H24N2O2/c1-3-10-20-16(19)13-7-8-15(14(17)11-13)18-9-5-4-6-12(18)2/h7-8,11-12H,3-6,9-10,17H2,1-2H3/t12-/m1/s1. The zero-order valence-electron chi connectivity index (χ0n) is 12.4. The lowest BCUT2D eigenvalue weighted by molar-refractivity contribution is 0.0505. The molecule has 1 aliphatic rings. The molecule has 2 N–H and O–H groups in total. The number of nitrogen functional groups attached to an aromatic ring is 1. The van der Waals surface area contributed by atoms with E-state index < -0.39 is 0 Å². The molecule has 1 heterocycles. The first-order valence-corrected chi connectivity index (χ1v) is 7.46. The van der Waals surface area contributed by atoms with E-state index in [1.165, 1.54) is 19.3 Å². The Hall–Kier alpha value is -1.71. The molecule has 0 amide bonds. The predicted molar refractivity (Wildman–Crippen MR) is 82.1 cm³/mol. The van der Waals surface area contributed by atoms with Crippen molar-refractivity contribution in [1.29, 1.82) is 0 Å². The first kappa shape index (κ1) is 14.7. The quantitative estimate of drug-likeness (QED) is 0.677. The highest BCUT2D eigenvalue weighted by Gasteiger charge is 2.21. The number of nitrogens with two attached hydrogens (primary N) is 1. The van der Waals surface area contributed by atoms with Crippen LogP contribution in [0, 0.1) is 0 Å². The van der Waals surface area contributed by atoms with E-state index in [-0.39, 0.29) is 5.97 Å². The Bertz CT molecular complexity index is 474. The number of rotatable bonds is 4. The average molecular weight is 276 g/mol. The van der Waals surface area contributed by atoms with Crippen LogP contribution in [0.3, 0.4) is 0 Å². The molecule has 1 saturated heterocycles. The van der Waals surface area contributed by atoms with Crippen molar-refractivity contribution in [2.75, 3.05) is 23.8 Å². The summed E-state index contributed by atoms with van der Waals surface area (Å²) in [6.45, 7) is 5.68. The molecule has 0 bridgehead atoms. The van der Waals surface area contributed by atoms with Gasteiger partial charge in [0, 0.05) is 12.6 Å². The van der Waals surface area contributed by atoms with Crippen LogP contribution < -0.4 is 10.6 Å². The van der Waals surface area contributed by atoms with Gasteiger partial charge in [-0.1, -0.05) is 6.92 Å². The van der Waals surface area contributed by atoms with Gasteiger partial charge in [0.1, 0.15) is 0 Å². The Labute approximate surface area is 120 Å². The number of benzene rings is 1. The largest absolute Gasteiger partial charge is 0.462 e. The fourth-order valence-corrected chi connectivity index (χ4v) is 2.68. The molecule has 0 radical (unpaired) electrons. The van der Waals surface area contributed by atoms with Gasteiger partial charge in [-0.05, 0) is 50.8 Å². The molecule has 1 aliphatic heterocycles. The van der Waals surface area contributed by atoms with Gasteiger partial charge in [-0.25, -0.2) is 4.79 Å². The van der Waals surface area contributed by atoms with E-state index >= 15 is 0 Å². The Morgan fingerprint density at radius 1 is 1.45 bits per heavy atom. The summed E-state index contributed by atoms with van der Waals surface area (Å²) >= 11 is 0. The van der Waals surface area contributed by atoms with Crippen molar-refractivity contribution >= 4 is 17.3 Å². The van der Waals surface area contributed by atoms with Gasteiger partial charge in [-0.3, -0.25) is 0 Å². The van der Waals surface area contributed by atoms with Crippen molar-refractivity contribution in [2.24, 2.45) is 0 Å². The van der Waals surface area contributed by atoms with Crippen LogP contribution in [-0.2, 0) is 4.74 Å². The summed E-state index contributed by atoms with van der Waals surface area (Å²) < 4.78 is 5.13. The number of hydrogen-bond donors (Lipinski definition) is 1. The molecule has 4 heteroatoms. The minimum Gasteiger partial charge on any atom is -0.462 e. The van der Waals surface area contributed by atoms with Gasteiger partial charge in [0.15, 0.2) is 0 Å². The van der Waals surface area contributed by atoms with Gasteiger partial charge in [0.2, 0.25) is 0 Å². The summed E-state index contributed by atoms with van der Waals surface area (Å²) in [6, 6.07) is 5.99. The minimum absolute atomic E-state index is 0.295. The Balaban J connectivity index is 2.15. The first-order chi connectivity index (χ1) is 9.63. The van der Waals surface area contributed by atoms with Gasteiger partial charge in [-0.15, -0.1) is 0 Å². The molecule has 0 aromatic heterocycles. The molecular weight excluding hydrogens is 252 g/mol. The third-order valence-electron chi connectivity index (χ3n) is 3.81. The fourth-order valence-electron chi connectivity index (χ4n) is 2.68. The molecule has 0 saturated carbocycles. The molecule has 1 aromatic rings. The molecule has 1 aromatic carbocycles. The molecule has 20 heavy (non-hydrogen) atoms.